The molecule has 148 valence electrons. The van der Waals surface area contributed by atoms with Gasteiger partial charge in [0.25, 0.3) is 0 Å². The van der Waals surface area contributed by atoms with Crippen LogP contribution in [0.3, 0.4) is 0 Å². The molecule has 0 amide bonds. The molecule has 1 N–H and O–H groups in total. The molecule has 4 nitrogen and oxygen atoms in total. The molecule has 0 fully saturated rings. The van der Waals surface area contributed by atoms with Gasteiger partial charge in [-0.3, -0.25) is 4.79 Å². The first kappa shape index (κ1) is 19.8. The molecule has 0 saturated heterocycles. The Kier molecular flexibility index (Phi) is 4.85. The van der Waals surface area contributed by atoms with E-state index in [1.54, 1.807) is 24.3 Å². The molecule has 1 atom stereocenters. The van der Waals surface area contributed by atoms with E-state index in [9.17, 15) is 10.1 Å². The minimum atomic E-state index is -0.522. The maximum absolute atomic E-state index is 13.1. The van der Waals surface area contributed by atoms with Gasteiger partial charge in [-0.05, 0) is 49.1 Å². The van der Waals surface area contributed by atoms with Gasteiger partial charge >= 0.3 is 0 Å². The van der Waals surface area contributed by atoms with Crippen molar-refractivity contribution < 1.29 is 9.21 Å². The Labute approximate surface area is 179 Å². The molecular formula is C23H20Cl2N2O2. The maximum atomic E-state index is 13.1. The van der Waals surface area contributed by atoms with E-state index in [1.807, 2.05) is 13.0 Å². The fourth-order valence-corrected chi connectivity index (χ4v) is 4.59. The van der Waals surface area contributed by atoms with E-state index in [0.29, 0.717) is 44.7 Å². The average molecular weight is 427 g/mol. The van der Waals surface area contributed by atoms with E-state index >= 15 is 0 Å². The predicted octanol–water partition coefficient (Wildman–Crippen LogP) is 6.38. The summed E-state index contributed by atoms with van der Waals surface area (Å²) in [4.78, 5) is 13.1. The molecule has 0 radical (unpaired) electrons. The van der Waals surface area contributed by atoms with Crippen LogP contribution in [0.5, 0.6) is 0 Å². The van der Waals surface area contributed by atoms with Crippen LogP contribution in [0.4, 0.5) is 0 Å². The normalized spacial score (nSPS) is 21.0. The van der Waals surface area contributed by atoms with Crippen molar-refractivity contribution in [2.75, 3.05) is 0 Å². The second-order valence-corrected chi connectivity index (χ2v) is 9.21. The van der Waals surface area contributed by atoms with Gasteiger partial charge in [-0.2, -0.15) is 5.26 Å². The van der Waals surface area contributed by atoms with Crippen molar-refractivity contribution in [3.8, 4) is 17.4 Å². The third kappa shape index (κ3) is 3.50. The van der Waals surface area contributed by atoms with E-state index in [-0.39, 0.29) is 11.2 Å². The Hall–Kier alpha value is -2.48. The van der Waals surface area contributed by atoms with E-state index in [2.05, 4.69) is 25.2 Å². The zero-order valence-corrected chi connectivity index (χ0v) is 17.9. The highest BCUT2D eigenvalue weighted by molar-refractivity contribution is 6.35. The summed E-state index contributed by atoms with van der Waals surface area (Å²) in [7, 11) is 0. The van der Waals surface area contributed by atoms with Crippen molar-refractivity contribution in [3.63, 3.8) is 0 Å². The highest BCUT2D eigenvalue weighted by atomic mass is 35.5. The lowest BCUT2D eigenvalue weighted by Crippen LogP contribution is -2.36. The largest absolute Gasteiger partial charge is 0.460 e. The zero-order chi connectivity index (χ0) is 20.9. The molecule has 2 aliphatic rings. The number of dihydropyridines is 1. The smallest absolute Gasteiger partial charge is 0.162 e. The van der Waals surface area contributed by atoms with Gasteiger partial charge in [-0.1, -0.05) is 37.0 Å². The molecule has 6 heteroatoms. The number of carbonyl (C=O) groups is 1. The molecular weight excluding hydrogens is 407 g/mol. The van der Waals surface area contributed by atoms with Gasteiger partial charge in [-0.25, -0.2) is 0 Å². The number of halogens is 2. The molecule has 0 saturated carbocycles. The predicted molar refractivity (Wildman–Crippen MR) is 113 cm³/mol. The summed E-state index contributed by atoms with van der Waals surface area (Å²) in [6, 6.07) is 11.0. The molecule has 1 aromatic heterocycles. The van der Waals surface area contributed by atoms with Crippen LogP contribution >= 0.6 is 23.2 Å². The number of furan rings is 1. The highest BCUT2D eigenvalue weighted by Crippen LogP contribution is 2.47. The van der Waals surface area contributed by atoms with Gasteiger partial charge in [0.15, 0.2) is 5.78 Å². The van der Waals surface area contributed by atoms with Crippen LogP contribution in [0.25, 0.3) is 11.3 Å². The second kappa shape index (κ2) is 7.09. The fourth-order valence-electron chi connectivity index (χ4n) is 4.21. The van der Waals surface area contributed by atoms with Crippen molar-refractivity contribution in [3.05, 3.63) is 68.7 Å². The fraction of sp³-hybridized carbons (Fsp3) is 0.304. The molecule has 0 bridgehead atoms. The molecule has 29 heavy (non-hydrogen) atoms. The van der Waals surface area contributed by atoms with Crippen molar-refractivity contribution in [1.29, 1.82) is 5.26 Å². The third-order valence-electron chi connectivity index (χ3n) is 5.47. The Morgan fingerprint density at radius 1 is 1.21 bits per heavy atom. The summed E-state index contributed by atoms with van der Waals surface area (Å²) < 4.78 is 6.13. The average Bonchev–Trinajstić information content (AvgIpc) is 3.11. The van der Waals surface area contributed by atoms with E-state index < -0.39 is 5.92 Å². The molecule has 2 aromatic rings. The Morgan fingerprint density at radius 2 is 1.97 bits per heavy atom. The van der Waals surface area contributed by atoms with Gasteiger partial charge in [-0.15, -0.1) is 0 Å². The Balaban J connectivity index is 1.84. The first-order valence-corrected chi connectivity index (χ1v) is 10.1. The summed E-state index contributed by atoms with van der Waals surface area (Å²) in [5.41, 5.74) is 3.30. The summed E-state index contributed by atoms with van der Waals surface area (Å²) in [6.07, 6.45) is 1.18. The zero-order valence-electron chi connectivity index (χ0n) is 16.4. The van der Waals surface area contributed by atoms with Gasteiger partial charge in [0, 0.05) is 34.0 Å². The van der Waals surface area contributed by atoms with Crippen LogP contribution in [0.1, 0.15) is 45.3 Å². The number of rotatable bonds is 2. The monoisotopic (exact) mass is 426 g/mol. The van der Waals surface area contributed by atoms with Crippen LogP contribution in [0.15, 0.2) is 57.3 Å². The van der Waals surface area contributed by atoms with E-state index in [4.69, 9.17) is 27.6 Å². The number of nitriles is 1. The van der Waals surface area contributed by atoms with E-state index in [0.717, 1.165) is 17.8 Å². The molecule has 0 spiro atoms. The number of nitrogens with one attached hydrogen (secondary N) is 1. The molecule has 2 heterocycles. The van der Waals surface area contributed by atoms with Crippen LogP contribution < -0.4 is 5.32 Å². The number of Topliss-reactive ketones (excluding diaryl/α,β-unsaturated/α-hetero) is 1. The minimum Gasteiger partial charge on any atom is -0.460 e. The Bertz CT molecular complexity index is 1130. The minimum absolute atomic E-state index is 0.0488. The Morgan fingerprint density at radius 3 is 2.69 bits per heavy atom. The van der Waals surface area contributed by atoms with Crippen molar-refractivity contribution in [2.24, 2.45) is 5.41 Å². The summed E-state index contributed by atoms with van der Waals surface area (Å²) >= 11 is 12.4. The van der Waals surface area contributed by atoms with Crippen molar-refractivity contribution >= 4 is 29.0 Å². The maximum Gasteiger partial charge on any atom is 0.162 e. The van der Waals surface area contributed by atoms with Crippen molar-refractivity contribution in [1.82, 2.24) is 5.32 Å². The van der Waals surface area contributed by atoms with Crippen LogP contribution in [-0.2, 0) is 4.79 Å². The molecule has 1 aliphatic heterocycles. The van der Waals surface area contributed by atoms with E-state index in [1.165, 1.54) is 0 Å². The molecule has 1 aliphatic carbocycles. The summed E-state index contributed by atoms with van der Waals surface area (Å²) in [5, 5.41) is 14.2. The first-order chi connectivity index (χ1) is 13.7. The number of allylic oxidation sites excluding steroid dienone is 4. The second-order valence-electron chi connectivity index (χ2n) is 8.37. The number of benzene rings is 1. The standard InChI is InChI=1S/C23H20Cl2N2O2/c1-12-15(11-26)21(22-17(27-12)9-23(2,3)10-18(22)28)20-7-6-19(29-20)14-8-13(24)4-5-16(14)25/h4-8,21,27H,9-10H2,1-3H3/t21-/m0/s1. The van der Waals surface area contributed by atoms with Crippen LogP contribution in [0.2, 0.25) is 10.0 Å². The van der Waals surface area contributed by atoms with Crippen LogP contribution in [0, 0.1) is 16.7 Å². The number of carbonyl (C=O) groups excluding carboxylic acids is 1. The lowest BCUT2D eigenvalue weighted by molar-refractivity contribution is -0.118. The number of hydrogen-bond acceptors (Lipinski definition) is 4. The number of ketones is 1. The topological polar surface area (TPSA) is 66.0 Å². The highest BCUT2D eigenvalue weighted by Gasteiger charge is 2.42. The number of nitrogens with zero attached hydrogens (tertiary/aromatic N) is 1. The quantitative estimate of drug-likeness (QED) is 0.604. The van der Waals surface area contributed by atoms with Crippen molar-refractivity contribution in [2.45, 2.75) is 39.5 Å². The van der Waals surface area contributed by atoms with Gasteiger partial charge in [0.2, 0.25) is 0 Å². The number of hydrogen-bond donors (Lipinski definition) is 1. The summed E-state index contributed by atoms with van der Waals surface area (Å²) in [6.45, 7) is 6.02. The SMILES string of the molecule is CC1=C(C#N)[C@@H](c2ccc(-c3cc(Cl)ccc3Cl)o2)C2=C(CC(C)(C)CC2=O)N1. The van der Waals surface area contributed by atoms with Gasteiger partial charge in [0.05, 0.1) is 22.6 Å². The lowest BCUT2D eigenvalue weighted by atomic mass is 9.70. The molecule has 0 unspecified atom stereocenters. The summed E-state index contributed by atoms with van der Waals surface area (Å²) in [5.74, 6) is 0.625. The van der Waals surface area contributed by atoms with Gasteiger partial charge < -0.3 is 9.73 Å². The first-order valence-electron chi connectivity index (χ1n) is 9.39. The molecule has 4 rings (SSSR count). The molecule has 1 aromatic carbocycles. The van der Waals surface area contributed by atoms with Crippen LogP contribution in [-0.4, -0.2) is 5.78 Å². The lowest BCUT2D eigenvalue weighted by Gasteiger charge is -2.38. The van der Waals surface area contributed by atoms with Gasteiger partial charge in [0.1, 0.15) is 11.5 Å². The third-order valence-corrected chi connectivity index (χ3v) is 6.03.